The Bertz CT molecular complexity index is 900. The molecule has 1 saturated heterocycles. The highest BCUT2D eigenvalue weighted by atomic mass is 35.5. The SMILES string of the molecule is COCC1CCCN1C(=O)[C@H](CN)Cc1ccc(OCCOc2c(Cl)cc(C)cc2Cl)cc1. The second-order valence-corrected chi connectivity index (χ2v) is 9.13. The van der Waals surface area contributed by atoms with E-state index in [9.17, 15) is 4.79 Å². The van der Waals surface area contributed by atoms with Gasteiger partial charge in [-0.05, 0) is 61.6 Å². The van der Waals surface area contributed by atoms with Crippen molar-refractivity contribution in [2.24, 2.45) is 11.7 Å². The predicted octanol–water partition coefficient (Wildman–Crippen LogP) is 4.51. The molecule has 0 aromatic heterocycles. The molecular formula is C25H32Cl2N2O4. The topological polar surface area (TPSA) is 74.0 Å². The van der Waals surface area contributed by atoms with E-state index in [4.69, 9.17) is 43.1 Å². The Morgan fingerprint density at radius 2 is 1.82 bits per heavy atom. The summed E-state index contributed by atoms with van der Waals surface area (Å²) < 4.78 is 16.7. The van der Waals surface area contributed by atoms with E-state index in [0.29, 0.717) is 48.6 Å². The maximum atomic E-state index is 13.0. The second kappa shape index (κ2) is 12.5. The largest absolute Gasteiger partial charge is 0.490 e. The van der Waals surface area contributed by atoms with Gasteiger partial charge in [0.2, 0.25) is 5.91 Å². The Morgan fingerprint density at radius 3 is 2.45 bits per heavy atom. The van der Waals surface area contributed by atoms with Crippen LogP contribution in [0.25, 0.3) is 0 Å². The van der Waals surface area contributed by atoms with Crippen LogP contribution in [0, 0.1) is 12.8 Å². The van der Waals surface area contributed by atoms with Gasteiger partial charge in [-0.25, -0.2) is 0 Å². The van der Waals surface area contributed by atoms with E-state index in [-0.39, 0.29) is 17.9 Å². The zero-order chi connectivity index (χ0) is 23.8. The van der Waals surface area contributed by atoms with Crippen molar-refractivity contribution in [1.29, 1.82) is 0 Å². The molecule has 2 atom stereocenters. The lowest BCUT2D eigenvalue weighted by Gasteiger charge is -2.28. The van der Waals surface area contributed by atoms with Gasteiger partial charge < -0.3 is 24.8 Å². The van der Waals surface area contributed by atoms with E-state index < -0.39 is 0 Å². The van der Waals surface area contributed by atoms with Crippen LogP contribution in [0.3, 0.4) is 0 Å². The number of rotatable bonds is 11. The number of hydrogen-bond acceptors (Lipinski definition) is 5. The molecule has 3 rings (SSSR count). The highest BCUT2D eigenvalue weighted by molar-refractivity contribution is 6.37. The van der Waals surface area contributed by atoms with Crippen molar-refractivity contribution in [2.75, 3.05) is 40.0 Å². The fraction of sp³-hybridized carbons (Fsp3) is 0.480. The lowest BCUT2D eigenvalue weighted by atomic mass is 9.97. The van der Waals surface area contributed by atoms with E-state index in [0.717, 1.165) is 36.3 Å². The minimum Gasteiger partial charge on any atom is -0.490 e. The van der Waals surface area contributed by atoms with Gasteiger partial charge in [-0.3, -0.25) is 4.79 Å². The van der Waals surface area contributed by atoms with Gasteiger partial charge in [0, 0.05) is 20.2 Å². The fourth-order valence-corrected chi connectivity index (χ4v) is 4.84. The van der Waals surface area contributed by atoms with Gasteiger partial charge in [0.15, 0.2) is 5.75 Å². The molecule has 1 unspecified atom stereocenters. The molecule has 33 heavy (non-hydrogen) atoms. The highest BCUT2D eigenvalue weighted by Gasteiger charge is 2.32. The third kappa shape index (κ3) is 7.00. The molecule has 2 N–H and O–H groups in total. The molecule has 2 aromatic carbocycles. The normalized spacial score (nSPS) is 16.6. The van der Waals surface area contributed by atoms with Crippen LogP contribution in [0.2, 0.25) is 10.0 Å². The molecule has 0 aliphatic carbocycles. The summed E-state index contributed by atoms with van der Waals surface area (Å²) in [6.45, 7) is 4.24. The van der Waals surface area contributed by atoms with Gasteiger partial charge in [-0.15, -0.1) is 0 Å². The number of hydrogen-bond donors (Lipinski definition) is 1. The molecule has 1 heterocycles. The number of nitrogens with zero attached hydrogens (tertiary/aromatic N) is 1. The van der Waals surface area contributed by atoms with Crippen LogP contribution in [0.15, 0.2) is 36.4 Å². The summed E-state index contributed by atoms with van der Waals surface area (Å²) in [7, 11) is 1.67. The average Bonchev–Trinajstić information content (AvgIpc) is 3.25. The number of likely N-dealkylation sites (tertiary alicyclic amines) is 1. The number of carbonyl (C=O) groups excluding carboxylic acids is 1. The zero-order valence-electron chi connectivity index (χ0n) is 19.2. The smallest absolute Gasteiger partial charge is 0.227 e. The van der Waals surface area contributed by atoms with Crippen molar-refractivity contribution in [1.82, 2.24) is 4.90 Å². The van der Waals surface area contributed by atoms with Crippen LogP contribution < -0.4 is 15.2 Å². The third-order valence-corrected chi connectivity index (χ3v) is 6.36. The van der Waals surface area contributed by atoms with Gasteiger partial charge in [-0.1, -0.05) is 35.3 Å². The molecule has 1 aliphatic rings. The van der Waals surface area contributed by atoms with Gasteiger partial charge >= 0.3 is 0 Å². The summed E-state index contributed by atoms with van der Waals surface area (Å²) in [6, 6.07) is 11.5. The Hall–Kier alpha value is -1.99. The van der Waals surface area contributed by atoms with Crippen LogP contribution in [-0.2, 0) is 16.0 Å². The Balaban J connectivity index is 1.49. The average molecular weight is 495 g/mol. The summed E-state index contributed by atoms with van der Waals surface area (Å²) in [5, 5.41) is 0.964. The molecule has 1 amide bonds. The summed E-state index contributed by atoms with van der Waals surface area (Å²) >= 11 is 12.4. The van der Waals surface area contributed by atoms with E-state index >= 15 is 0 Å². The molecule has 0 saturated carbocycles. The van der Waals surface area contributed by atoms with Crippen molar-refractivity contribution in [3.63, 3.8) is 0 Å². The minimum absolute atomic E-state index is 0.114. The lowest BCUT2D eigenvalue weighted by Crippen LogP contribution is -2.44. The number of amides is 1. The number of methoxy groups -OCH3 is 1. The number of carbonyl (C=O) groups is 1. The van der Waals surface area contributed by atoms with Crippen molar-refractivity contribution in [3.05, 3.63) is 57.6 Å². The first-order valence-electron chi connectivity index (χ1n) is 11.2. The predicted molar refractivity (Wildman–Crippen MR) is 131 cm³/mol. The van der Waals surface area contributed by atoms with Crippen LogP contribution in [0.1, 0.15) is 24.0 Å². The zero-order valence-corrected chi connectivity index (χ0v) is 20.7. The first-order chi connectivity index (χ1) is 15.9. The molecule has 0 radical (unpaired) electrons. The Kier molecular flexibility index (Phi) is 9.68. The first kappa shape index (κ1) is 25.6. The number of nitrogens with two attached hydrogens (primary N) is 1. The van der Waals surface area contributed by atoms with E-state index in [1.165, 1.54) is 0 Å². The standard InChI is InChI=1S/C25H32Cl2N2O4/c1-17-12-22(26)24(23(27)13-17)33-11-10-32-21-7-5-18(6-8-21)14-19(15-28)25(30)29-9-3-4-20(29)16-31-2/h5-8,12-13,19-20H,3-4,9-11,14-16,28H2,1-2H3/t19-,20?/m0/s1. The fourth-order valence-electron chi connectivity index (χ4n) is 4.13. The van der Waals surface area contributed by atoms with Crippen molar-refractivity contribution in [3.8, 4) is 11.5 Å². The van der Waals surface area contributed by atoms with Crippen molar-refractivity contribution >= 4 is 29.1 Å². The minimum atomic E-state index is -0.244. The molecule has 0 bridgehead atoms. The summed E-state index contributed by atoms with van der Waals surface area (Å²) in [5.74, 6) is 1.06. The number of ether oxygens (including phenoxy) is 3. The molecule has 6 nitrogen and oxygen atoms in total. The highest BCUT2D eigenvalue weighted by Crippen LogP contribution is 2.34. The summed E-state index contributed by atoms with van der Waals surface area (Å²) in [5.41, 5.74) is 7.98. The summed E-state index contributed by atoms with van der Waals surface area (Å²) in [6.07, 6.45) is 2.59. The number of halogens is 2. The van der Waals surface area contributed by atoms with Gasteiger partial charge in [0.1, 0.15) is 19.0 Å². The number of aryl methyl sites for hydroxylation is 1. The van der Waals surface area contributed by atoms with Crippen molar-refractivity contribution in [2.45, 2.75) is 32.2 Å². The van der Waals surface area contributed by atoms with E-state index in [1.54, 1.807) is 7.11 Å². The third-order valence-electron chi connectivity index (χ3n) is 5.80. The number of benzene rings is 2. The Labute approximate surface area is 205 Å². The lowest BCUT2D eigenvalue weighted by molar-refractivity contribution is -0.136. The van der Waals surface area contributed by atoms with Crippen LogP contribution >= 0.6 is 23.2 Å². The molecule has 8 heteroatoms. The molecule has 180 valence electrons. The van der Waals surface area contributed by atoms with Crippen LogP contribution in [0.4, 0.5) is 0 Å². The molecule has 1 aliphatic heterocycles. The maximum absolute atomic E-state index is 13.0. The van der Waals surface area contributed by atoms with Gasteiger partial charge in [0.25, 0.3) is 0 Å². The quantitative estimate of drug-likeness (QED) is 0.465. The Morgan fingerprint density at radius 1 is 1.15 bits per heavy atom. The van der Waals surface area contributed by atoms with Crippen LogP contribution in [0.5, 0.6) is 11.5 Å². The monoisotopic (exact) mass is 494 g/mol. The van der Waals surface area contributed by atoms with Gasteiger partial charge in [0.05, 0.1) is 28.6 Å². The second-order valence-electron chi connectivity index (χ2n) is 8.32. The molecule has 1 fully saturated rings. The molecular weight excluding hydrogens is 463 g/mol. The van der Waals surface area contributed by atoms with Crippen LogP contribution in [-0.4, -0.2) is 56.9 Å². The molecule has 2 aromatic rings. The first-order valence-corrected chi connectivity index (χ1v) is 12.0. The van der Waals surface area contributed by atoms with E-state index in [2.05, 4.69) is 0 Å². The molecule has 0 spiro atoms. The van der Waals surface area contributed by atoms with Gasteiger partial charge in [-0.2, -0.15) is 0 Å². The summed E-state index contributed by atoms with van der Waals surface area (Å²) in [4.78, 5) is 15.0. The maximum Gasteiger partial charge on any atom is 0.227 e. The van der Waals surface area contributed by atoms with E-state index in [1.807, 2.05) is 48.2 Å². The van der Waals surface area contributed by atoms with Crippen molar-refractivity contribution < 1.29 is 19.0 Å².